The van der Waals surface area contributed by atoms with Crippen LogP contribution in [0.15, 0.2) is 17.5 Å². The Hall–Kier alpha value is -0.630. The van der Waals surface area contributed by atoms with Crippen LogP contribution >= 0.6 is 11.3 Å². The van der Waals surface area contributed by atoms with Gasteiger partial charge in [-0.05, 0) is 30.2 Å². The number of aryl methyl sites for hydroxylation is 1. The Morgan fingerprint density at radius 2 is 2.17 bits per heavy atom. The summed E-state index contributed by atoms with van der Waals surface area (Å²) < 4.78 is 0. The first-order valence-corrected chi connectivity index (χ1v) is 8.18. The van der Waals surface area contributed by atoms with Crippen molar-refractivity contribution in [3.8, 4) is 0 Å². The summed E-state index contributed by atoms with van der Waals surface area (Å²) in [4.78, 5) is 13.3. The highest BCUT2D eigenvalue weighted by atomic mass is 32.1. The molecule has 0 aromatic carbocycles. The first-order valence-electron chi connectivity index (χ1n) is 7.30. The predicted molar refractivity (Wildman–Crippen MR) is 80.2 cm³/mol. The summed E-state index contributed by atoms with van der Waals surface area (Å²) in [5.74, 6) is 1.09. The number of hydrogen-bond donors (Lipinski definition) is 0. The summed E-state index contributed by atoms with van der Waals surface area (Å²) in [6.45, 7) is 4.43. The van der Waals surface area contributed by atoms with Crippen molar-refractivity contribution < 1.29 is 4.79 Å². The van der Waals surface area contributed by atoms with Gasteiger partial charge in [-0.1, -0.05) is 45.6 Å². The van der Waals surface area contributed by atoms with Crippen LogP contribution in [0.4, 0.5) is 0 Å². The molecule has 2 heteroatoms. The van der Waals surface area contributed by atoms with Crippen LogP contribution in [0.1, 0.15) is 63.7 Å². The third-order valence-electron chi connectivity index (χ3n) is 3.52. The molecule has 1 aromatic heterocycles. The summed E-state index contributed by atoms with van der Waals surface area (Å²) in [5.41, 5.74) is 0. The Kier molecular flexibility index (Phi) is 7.99. The van der Waals surface area contributed by atoms with Crippen molar-refractivity contribution in [1.82, 2.24) is 0 Å². The van der Waals surface area contributed by atoms with E-state index in [2.05, 4.69) is 31.4 Å². The molecule has 0 saturated heterocycles. The van der Waals surface area contributed by atoms with E-state index in [9.17, 15) is 4.79 Å². The molecular weight excluding hydrogens is 240 g/mol. The lowest BCUT2D eigenvalue weighted by Crippen LogP contribution is -2.08. The van der Waals surface area contributed by atoms with Gasteiger partial charge in [0.05, 0.1) is 0 Å². The zero-order chi connectivity index (χ0) is 13.2. The summed E-state index contributed by atoms with van der Waals surface area (Å²) in [6, 6.07) is 4.24. The largest absolute Gasteiger partial charge is 0.300 e. The molecule has 1 rings (SSSR count). The third-order valence-corrected chi connectivity index (χ3v) is 4.45. The Balaban J connectivity index is 2.15. The van der Waals surface area contributed by atoms with Gasteiger partial charge in [-0.15, -0.1) is 11.3 Å². The van der Waals surface area contributed by atoms with Crippen LogP contribution in [-0.4, -0.2) is 5.78 Å². The second-order valence-electron chi connectivity index (χ2n) is 5.09. The minimum absolute atomic E-state index is 0.467. The van der Waals surface area contributed by atoms with Crippen LogP contribution in [0.25, 0.3) is 0 Å². The summed E-state index contributed by atoms with van der Waals surface area (Å²) in [6.07, 6.45) is 8.53. The van der Waals surface area contributed by atoms with Crippen molar-refractivity contribution in [1.29, 1.82) is 0 Å². The van der Waals surface area contributed by atoms with Gasteiger partial charge in [0.1, 0.15) is 5.78 Å². The fraction of sp³-hybridized carbons (Fsp3) is 0.688. The zero-order valence-electron chi connectivity index (χ0n) is 11.8. The lowest BCUT2D eigenvalue weighted by Gasteiger charge is -2.13. The number of thiophene rings is 1. The van der Waals surface area contributed by atoms with Gasteiger partial charge in [0, 0.05) is 17.7 Å². The van der Waals surface area contributed by atoms with Crippen LogP contribution in [0, 0.1) is 5.92 Å². The van der Waals surface area contributed by atoms with Crippen molar-refractivity contribution in [3.05, 3.63) is 22.4 Å². The van der Waals surface area contributed by atoms with E-state index in [1.54, 1.807) is 11.3 Å². The fourth-order valence-corrected chi connectivity index (χ4v) is 3.03. The van der Waals surface area contributed by atoms with Crippen LogP contribution in [0.3, 0.4) is 0 Å². The molecule has 1 aromatic rings. The molecule has 1 atom stereocenters. The molecule has 1 unspecified atom stereocenters. The lowest BCUT2D eigenvalue weighted by molar-refractivity contribution is -0.120. The SMILES string of the molecule is CCCCC(CC)CC(=O)CCCc1cccs1. The van der Waals surface area contributed by atoms with Gasteiger partial charge in [0.25, 0.3) is 0 Å². The molecule has 0 aliphatic heterocycles. The summed E-state index contributed by atoms with van der Waals surface area (Å²) >= 11 is 1.79. The number of carbonyl (C=O) groups excluding carboxylic acids is 1. The van der Waals surface area contributed by atoms with E-state index in [4.69, 9.17) is 0 Å². The first kappa shape index (κ1) is 15.4. The molecule has 0 bridgehead atoms. The number of unbranched alkanes of at least 4 members (excludes halogenated alkanes) is 1. The van der Waals surface area contributed by atoms with Crippen molar-refractivity contribution in [2.45, 2.75) is 65.2 Å². The number of Topliss-reactive ketones (excluding diaryl/α,β-unsaturated/α-hetero) is 1. The maximum Gasteiger partial charge on any atom is 0.133 e. The van der Waals surface area contributed by atoms with E-state index in [1.165, 1.54) is 24.1 Å². The van der Waals surface area contributed by atoms with Crippen LogP contribution < -0.4 is 0 Å². The number of carbonyl (C=O) groups is 1. The normalized spacial score (nSPS) is 12.6. The topological polar surface area (TPSA) is 17.1 Å². The Morgan fingerprint density at radius 1 is 1.33 bits per heavy atom. The summed E-state index contributed by atoms with van der Waals surface area (Å²) in [7, 11) is 0. The van der Waals surface area contributed by atoms with Gasteiger partial charge in [-0.2, -0.15) is 0 Å². The van der Waals surface area contributed by atoms with Gasteiger partial charge < -0.3 is 0 Å². The molecule has 1 heterocycles. The highest BCUT2D eigenvalue weighted by molar-refractivity contribution is 7.09. The van der Waals surface area contributed by atoms with Crippen molar-refractivity contribution in [3.63, 3.8) is 0 Å². The number of rotatable bonds is 10. The smallest absolute Gasteiger partial charge is 0.133 e. The van der Waals surface area contributed by atoms with E-state index in [0.29, 0.717) is 11.7 Å². The number of ketones is 1. The number of hydrogen-bond acceptors (Lipinski definition) is 2. The highest BCUT2D eigenvalue weighted by Gasteiger charge is 2.11. The van der Waals surface area contributed by atoms with Gasteiger partial charge in [-0.25, -0.2) is 0 Å². The molecule has 0 amide bonds. The average molecular weight is 266 g/mol. The van der Waals surface area contributed by atoms with Crippen LogP contribution in [0.2, 0.25) is 0 Å². The maximum atomic E-state index is 11.9. The minimum atomic E-state index is 0.467. The van der Waals surface area contributed by atoms with Crippen molar-refractivity contribution in [2.24, 2.45) is 5.92 Å². The van der Waals surface area contributed by atoms with Gasteiger partial charge in [0.2, 0.25) is 0 Å². The molecule has 102 valence electrons. The highest BCUT2D eigenvalue weighted by Crippen LogP contribution is 2.19. The third kappa shape index (κ3) is 6.34. The Bertz CT molecular complexity index is 316. The molecule has 0 saturated carbocycles. The lowest BCUT2D eigenvalue weighted by atomic mass is 9.92. The summed E-state index contributed by atoms with van der Waals surface area (Å²) in [5, 5.41) is 2.11. The predicted octanol–water partition coefficient (Wildman–Crippen LogP) is 5.25. The molecule has 0 fully saturated rings. The van der Waals surface area contributed by atoms with Crippen molar-refractivity contribution >= 4 is 17.1 Å². The van der Waals surface area contributed by atoms with Crippen LogP contribution in [-0.2, 0) is 11.2 Å². The average Bonchev–Trinajstić information content (AvgIpc) is 2.87. The fourth-order valence-electron chi connectivity index (χ4n) is 2.28. The zero-order valence-corrected chi connectivity index (χ0v) is 12.6. The molecule has 1 nitrogen and oxygen atoms in total. The quantitative estimate of drug-likeness (QED) is 0.565. The standard InChI is InChI=1S/C16H26OS/c1-3-5-8-14(4-2)13-15(17)9-6-10-16-11-7-12-18-16/h7,11-12,14H,3-6,8-10,13H2,1-2H3. The van der Waals surface area contributed by atoms with E-state index in [0.717, 1.165) is 32.1 Å². The van der Waals surface area contributed by atoms with E-state index in [1.807, 2.05) is 0 Å². The maximum absolute atomic E-state index is 11.9. The molecule has 0 N–H and O–H groups in total. The molecule has 0 aliphatic carbocycles. The van der Waals surface area contributed by atoms with E-state index >= 15 is 0 Å². The van der Waals surface area contributed by atoms with Gasteiger partial charge in [-0.3, -0.25) is 4.79 Å². The first-order chi connectivity index (χ1) is 8.76. The Labute approximate surface area is 116 Å². The van der Waals surface area contributed by atoms with Crippen LogP contribution in [0.5, 0.6) is 0 Å². The van der Waals surface area contributed by atoms with Gasteiger partial charge in [0.15, 0.2) is 0 Å². The molecular formula is C16H26OS. The van der Waals surface area contributed by atoms with Gasteiger partial charge >= 0.3 is 0 Å². The minimum Gasteiger partial charge on any atom is -0.300 e. The second-order valence-corrected chi connectivity index (χ2v) is 6.12. The molecule has 0 spiro atoms. The monoisotopic (exact) mass is 266 g/mol. The van der Waals surface area contributed by atoms with Crippen molar-refractivity contribution in [2.75, 3.05) is 0 Å². The second kappa shape index (κ2) is 9.32. The Morgan fingerprint density at radius 3 is 2.78 bits per heavy atom. The molecule has 18 heavy (non-hydrogen) atoms. The van der Waals surface area contributed by atoms with E-state index < -0.39 is 0 Å². The van der Waals surface area contributed by atoms with E-state index in [-0.39, 0.29) is 0 Å². The molecule has 0 radical (unpaired) electrons. The molecule has 0 aliphatic rings.